The van der Waals surface area contributed by atoms with E-state index in [1.54, 1.807) is 5.57 Å². The zero-order valence-corrected chi connectivity index (χ0v) is 9.69. The first-order chi connectivity index (χ1) is 6.20. The molecule has 1 atom stereocenters. The summed E-state index contributed by atoms with van der Waals surface area (Å²) in [5.74, 6) is 0.847. The van der Waals surface area contributed by atoms with Crippen molar-refractivity contribution in [3.8, 4) is 0 Å². The van der Waals surface area contributed by atoms with E-state index in [9.17, 15) is 0 Å². The summed E-state index contributed by atoms with van der Waals surface area (Å²) in [6.07, 6.45) is 7.46. The topological polar surface area (TPSA) is 12.0 Å². The van der Waals surface area contributed by atoms with Crippen LogP contribution >= 0.6 is 0 Å². The van der Waals surface area contributed by atoms with E-state index in [1.807, 2.05) is 7.05 Å². The predicted octanol–water partition coefficient (Wildman–Crippen LogP) is 3.37. The first kappa shape index (κ1) is 12.7. The van der Waals surface area contributed by atoms with Gasteiger partial charge in [-0.2, -0.15) is 0 Å². The van der Waals surface area contributed by atoms with Gasteiger partial charge < -0.3 is 5.32 Å². The second-order valence-electron chi connectivity index (χ2n) is 4.01. The minimum Gasteiger partial charge on any atom is -0.320 e. The SMILES string of the molecule is CCC(C)C/C=C(/C)CCCNC. The van der Waals surface area contributed by atoms with Crippen molar-refractivity contribution in [1.82, 2.24) is 5.32 Å². The highest BCUT2D eigenvalue weighted by molar-refractivity contribution is 4.98. The van der Waals surface area contributed by atoms with Gasteiger partial charge in [0.05, 0.1) is 0 Å². The van der Waals surface area contributed by atoms with Crippen LogP contribution in [0.1, 0.15) is 46.5 Å². The van der Waals surface area contributed by atoms with Crippen LogP contribution in [0.15, 0.2) is 11.6 Å². The smallest absolute Gasteiger partial charge is 0.00489 e. The van der Waals surface area contributed by atoms with E-state index in [0.29, 0.717) is 0 Å². The van der Waals surface area contributed by atoms with Gasteiger partial charge in [-0.05, 0) is 45.7 Å². The summed E-state index contributed by atoms with van der Waals surface area (Å²) in [4.78, 5) is 0. The molecule has 0 rings (SSSR count). The zero-order chi connectivity index (χ0) is 10.1. The van der Waals surface area contributed by atoms with Crippen molar-refractivity contribution < 1.29 is 0 Å². The Morgan fingerprint density at radius 1 is 1.46 bits per heavy atom. The Balaban J connectivity index is 3.50. The molecule has 0 bridgehead atoms. The highest BCUT2D eigenvalue weighted by Gasteiger charge is 1.96. The van der Waals surface area contributed by atoms with Crippen LogP contribution in [0.3, 0.4) is 0 Å². The Labute approximate surface area is 83.6 Å². The molecule has 0 fully saturated rings. The summed E-state index contributed by atoms with van der Waals surface area (Å²) < 4.78 is 0. The van der Waals surface area contributed by atoms with Crippen molar-refractivity contribution in [2.75, 3.05) is 13.6 Å². The van der Waals surface area contributed by atoms with Gasteiger partial charge in [0.15, 0.2) is 0 Å². The lowest BCUT2D eigenvalue weighted by molar-refractivity contribution is 0.569. The fraction of sp³-hybridized carbons (Fsp3) is 0.833. The number of hydrogen-bond acceptors (Lipinski definition) is 1. The molecule has 0 amide bonds. The summed E-state index contributed by atoms with van der Waals surface area (Å²) in [5, 5.41) is 3.17. The molecular formula is C12H25N. The minimum absolute atomic E-state index is 0.847. The lowest BCUT2D eigenvalue weighted by Gasteiger charge is -2.05. The van der Waals surface area contributed by atoms with Crippen molar-refractivity contribution in [3.05, 3.63) is 11.6 Å². The van der Waals surface area contributed by atoms with Crippen LogP contribution in [-0.2, 0) is 0 Å². The van der Waals surface area contributed by atoms with Gasteiger partial charge in [0.1, 0.15) is 0 Å². The highest BCUT2D eigenvalue weighted by atomic mass is 14.8. The number of allylic oxidation sites excluding steroid dienone is 2. The van der Waals surface area contributed by atoms with Crippen molar-refractivity contribution in [3.63, 3.8) is 0 Å². The van der Waals surface area contributed by atoms with Gasteiger partial charge in [0.25, 0.3) is 0 Å². The molecule has 0 aliphatic rings. The van der Waals surface area contributed by atoms with Crippen molar-refractivity contribution in [1.29, 1.82) is 0 Å². The molecular weight excluding hydrogens is 158 g/mol. The molecule has 0 saturated heterocycles. The maximum absolute atomic E-state index is 3.17. The molecule has 13 heavy (non-hydrogen) atoms. The third-order valence-corrected chi connectivity index (χ3v) is 2.56. The van der Waals surface area contributed by atoms with Crippen molar-refractivity contribution >= 4 is 0 Å². The van der Waals surface area contributed by atoms with Crippen LogP contribution in [0.5, 0.6) is 0 Å². The molecule has 0 heterocycles. The molecule has 1 nitrogen and oxygen atoms in total. The summed E-state index contributed by atoms with van der Waals surface area (Å²) in [6, 6.07) is 0. The van der Waals surface area contributed by atoms with E-state index in [0.717, 1.165) is 12.5 Å². The molecule has 78 valence electrons. The standard InChI is InChI=1S/C12H25N/c1-5-11(2)8-9-12(3)7-6-10-13-4/h9,11,13H,5-8,10H2,1-4H3/b12-9-. The maximum atomic E-state index is 3.17. The van der Waals surface area contributed by atoms with Gasteiger partial charge >= 0.3 is 0 Å². The molecule has 1 unspecified atom stereocenters. The van der Waals surface area contributed by atoms with Crippen molar-refractivity contribution in [2.24, 2.45) is 5.92 Å². The van der Waals surface area contributed by atoms with E-state index in [-0.39, 0.29) is 0 Å². The first-order valence-electron chi connectivity index (χ1n) is 5.50. The maximum Gasteiger partial charge on any atom is -0.00489 e. The van der Waals surface area contributed by atoms with Gasteiger partial charge in [-0.3, -0.25) is 0 Å². The summed E-state index contributed by atoms with van der Waals surface area (Å²) >= 11 is 0. The van der Waals surface area contributed by atoms with E-state index < -0.39 is 0 Å². The van der Waals surface area contributed by atoms with E-state index in [2.05, 4.69) is 32.2 Å². The largest absolute Gasteiger partial charge is 0.320 e. The molecule has 0 spiro atoms. The predicted molar refractivity (Wildman–Crippen MR) is 61.0 cm³/mol. The molecule has 1 N–H and O–H groups in total. The van der Waals surface area contributed by atoms with Gasteiger partial charge in [-0.1, -0.05) is 31.9 Å². The first-order valence-corrected chi connectivity index (χ1v) is 5.50. The summed E-state index contributed by atoms with van der Waals surface area (Å²) in [5.41, 5.74) is 1.55. The molecule has 0 saturated carbocycles. The molecule has 0 radical (unpaired) electrons. The van der Waals surface area contributed by atoms with Gasteiger partial charge in [0, 0.05) is 0 Å². The lowest BCUT2D eigenvalue weighted by atomic mass is 10.0. The number of nitrogens with one attached hydrogen (secondary N) is 1. The monoisotopic (exact) mass is 183 g/mol. The van der Waals surface area contributed by atoms with Crippen LogP contribution in [-0.4, -0.2) is 13.6 Å². The molecule has 0 aliphatic carbocycles. The Morgan fingerprint density at radius 2 is 2.15 bits per heavy atom. The molecule has 0 aliphatic heterocycles. The average Bonchev–Trinajstić information content (AvgIpc) is 2.14. The highest BCUT2D eigenvalue weighted by Crippen LogP contribution is 2.11. The Bertz CT molecular complexity index is 138. The second kappa shape index (κ2) is 8.31. The fourth-order valence-corrected chi connectivity index (χ4v) is 1.22. The van der Waals surface area contributed by atoms with E-state index in [4.69, 9.17) is 0 Å². The van der Waals surface area contributed by atoms with Gasteiger partial charge in [-0.15, -0.1) is 0 Å². The molecule has 0 aromatic rings. The fourth-order valence-electron chi connectivity index (χ4n) is 1.22. The van der Waals surface area contributed by atoms with Crippen molar-refractivity contribution in [2.45, 2.75) is 46.5 Å². The molecule has 0 aromatic heterocycles. The van der Waals surface area contributed by atoms with Gasteiger partial charge in [-0.25, -0.2) is 0 Å². The van der Waals surface area contributed by atoms with E-state index >= 15 is 0 Å². The van der Waals surface area contributed by atoms with Crippen LogP contribution < -0.4 is 5.32 Å². The third-order valence-electron chi connectivity index (χ3n) is 2.56. The minimum atomic E-state index is 0.847. The third kappa shape index (κ3) is 8.04. The van der Waals surface area contributed by atoms with Gasteiger partial charge in [0.2, 0.25) is 0 Å². The number of rotatable bonds is 7. The normalized spacial score (nSPS) is 14.6. The van der Waals surface area contributed by atoms with Crippen LogP contribution in [0, 0.1) is 5.92 Å². The number of hydrogen-bond donors (Lipinski definition) is 1. The Morgan fingerprint density at radius 3 is 2.69 bits per heavy atom. The Kier molecular flexibility index (Phi) is 8.11. The van der Waals surface area contributed by atoms with Crippen LogP contribution in [0.4, 0.5) is 0 Å². The van der Waals surface area contributed by atoms with E-state index in [1.165, 1.54) is 25.7 Å². The van der Waals surface area contributed by atoms with Crippen LogP contribution in [0.2, 0.25) is 0 Å². The Hall–Kier alpha value is -0.300. The molecule has 1 heteroatoms. The second-order valence-corrected chi connectivity index (χ2v) is 4.01. The lowest BCUT2D eigenvalue weighted by Crippen LogP contribution is -2.07. The van der Waals surface area contributed by atoms with Crippen LogP contribution in [0.25, 0.3) is 0 Å². The quantitative estimate of drug-likeness (QED) is 0.471. The summed E-state index contributed by atoms with van der Waals surface area (Å²) in [7, 11) is 2.01. The summed E-state index contributed by atoms with van der Waals surface area (Å²) in [6.45, 7) is 7.96. The zero-order valence-electron chi connectivity index (χ0n) is 9.69. The average molecular weight is 183 g/mol. The molecule has 0 aromatic carbocycles.